The smallest absolute Gasteiger partial charge is 0.387 e. The summed E-state index contributed by atoms with van der Waals surface area (Å²) in [5.74, 6) is 0.132. The minimum Gasteiger partial charge on any atom is -0.435 e. The second-order valence-electron chi connectivity index (χ2n) is 5.78. The molecule has 1 saturated heterocycles. The van der Waals surface area contributed by atoms with E-state index in [-0.39, 0.29) is 35.9 Å². The second-order valence-corrected chi connectivity index (χ2v) is 5.78. The number of halogens is 3. The molecule has 22 heavy (non-hydrogen) atoms. The number of nitrogens with zero attached hydrogens (tertiary/aromatic N) is 1. The summed E-state index contributed by atoms with van der Waals surface area (Å²) in [6.07, 6.45) is 1.17. The van der Waals surface area contributed by atoms with Crippen molar-refractivity contribution in [2.75, 3.05) is 19.6 Å². The van der Waals surface area contributed by atoms with E-state index in [4.69, 9.17) is 5.73 Å². The Morgan fingerprint density at radius 3 is 2.55 bits per heavy atom. The maximum absolute atomic E-state index is 12.2. The normalized spacial score (nSPS) is 20.9. The number of amides is 1. The summed E-state index contributed by atoms with van der Waals surface area (Å²) in [4.78, 5) is 14.0. The van der Waals surface area contributed by atoms with Gasteiger partial charge in [0.15, 0.2) is 0 Å². The summed E-state index contributed by atoms with van der Waals surface area (Å²) in [5, 5.41) is 0. The van der Waals surface area contributed by atoms with Crippen LogP contribution in [0.5, 0.6) is 5.75 Å². The van der Waals surface area contributed by atoms with Crippen molar-refractivity contribution in [3.63, 3.8) is 0 Å². The minimum absolute atomic E-state index is 0. The molecule has 0 spiro atoms. The topological polar surface area (TPSA) is 55.6 Å². The predicted octanol–water partition coefficient (Wildman–Crippen LogP) is 2.45. The van der Waals surface area contributed by atoms with E-state index in [1.165, 1.54) is 12.1 Å². The molecule has 7 heteroatoms. The summed E-state index contributed by atoms with van der Waals surface area (Å²) >= 11 is 0. The van der Waals surface area contributed by atoms with Gasteiger partial charge in [0.1, 0.15) is 5.75 Å². The first-order chi connectivity index (χ1) is 9.92. The van der Waals surface area contributed by atoms with Crippen molar-refractivity contribution in [2.45, 2.75) is 26.4 Å². The highest BCUT2D eigenvalue weighted by Crippen LogP contribution is 2.28. The Labute approximate surface area is 135 Å². The lowest BCUT2D eigenvalue weighted by molar-refractivity contribution is -0.129. The summed E-state index contributed by atoms with van der Waals surface area (Å²) in [7, 11) is 0. The molecular weight excluding hydrogens is 314 g/mol. The molecule has 2 rings (SSSR count). The third kappa shape index (κ3) is 4.81. The average Bonchev–Trinajstić information content (AvgIpc) is 2.84. The first-order valence-corrected chi connectivity index (χ1v) is 6.93. The number of benzene rings is 1. The van der Waals surface area contributed by atoms with Gasteiger partial charge in [-0.3, -0.25) is 4.79 Å². The molecule has 1 unspecified atom stereocenters. The van der Waals surface area contributed by atoms with Gasteiger partial charge < -0.3 is 15.4 Å². The molecule has 1 atom stereocenters. The maximum atomic E-state index is 12.2. The van der Waals surface area contributed by atoms with Crippen molar-refractivity contribution >= 4 is 18.3 Å². The number of nitrogens with two attached hydrogens (primary N) is 1. The van der Waals surface area contributed by atoms with Gasteiger partial charge in [0.25, 0.3) is 0 Å². The van der Waals surface area contributed by atoms with Crippen LogP contribution in [-0.4, -0.2) is 37.1 Å². The Hall–Kier alpha value is -1.40. The van der Waals surface area contributed by atoms with Gasteiger partial charge in [-0.1, -0.05) is 19.1 Å². The zero-order chi connectivity index (χ0) is 15.5. The Balaban J connectivity index is 0.00000242. The van der Waals surface area contributed by atoms with E-state index in [1.54, 1.807) is 12.1 Å². The summed E-state index contributed by atoms with van der Waals surface area (Å²) in [6, 6.07) is 6.16. The van der Waals surface area contributed by atoms with Crippen molar-refractivity contribution in [2.24, 2.45) is 11.1 Å². The van der Waals surface area contributed by atoms with Crippen molar-refractivity contribution in [3.05, 3.63) is 29.8 Å². The number of carbonyl (C=O) groups excluding carboxylic acids is 1. The lowest BCUT2D eigenvalue weighted by Gasteiger charge is -2.22. The van der Waals surface area contributed by atoms with Gasteiger partial charge in [0, 0.05) is 13.1 Å². The Kier molecular flexibility index (Phi) is 6.56. The number of carbonyl (C=O) groups is 1. The quantitative estimate of drug-likeness (QED) is 0.900. The van der Waals surface area contributed by atoms with E-state index in [1.807, 2.05) is 4.90 Å². The Morgan fingerprint density at radius 2 is 2.05 bits per heavy atom. The van der Waals surface area contributed by atoms with Crippen LogP contribution in [0.25, 0.3) is 0 Å². The van der Waals surface area contributed by atoms with Gasteiger partial charge in [-0.05, 0) is 36.1 Å². The predicted molar refractivity (Wildman–Crippen MR) is 82.4 cm³/mol. The fourth-order valence-electron chi connectivity index (χ4n) is 2.48. The molecule has 1 aromatic carbocycles. The molecule has 124 valence electrons. The number of ether oxygens (including phenoxy) is 1. The maximum Gasteiger partial charge on any atom is 0.387 e. The summed E-state index contributed by atoms with van der Waals surface area (Å²) < 4.78 is 28.4. The Morgan fingerprint density at radius 1 is 1.41 bits per heavy atom. The summed E-state index contributed by atoms with van der Waals surface area (Å²) in [6.45, 7) is 1.21. The third-order valence-corrected chi connectivity index (χ3v) is 3.91. The van der Waals surface area contributed by atoms with E-state index >= 15 is 0 Å². The minimum atomic E-state index is -2.84. The third-order valence-electron chi connectivity index (χ3n) is 3.91. The molecule has 1 aliphatic rings. The van der Waals surface area contributed by atoms with Gasteiger partial charge in [-0.2, -0.15) is 8.78 Å². The van der Waals surface area contributed by atoms with Crippen molar-refractivity contribution in [3.8, 4) is 5.75 Å². The molecule has 1 aromatic rings. The molecule has 4 nitrogen and oxygen atoms in total. The van der Waals surface area contributed by atoms with E-state index < -0.39 is 6.61 Å². The SMILES string of the molecule is CC1(CN)CCN(C(=O)Cc2ccc(OC(F)F)cc2)C1.Cl. The Bertz CT molecular complexity index is 499. The number of likely N-dealkylation sites (tertiary alicyclic amines) is 1. The van der Waals surface area contributed by atoms with Crippen molar-refractivity contribution in [1.29, 1.82) is 0 Å². The molecule has 0 radical (unpaired) electrons. The van der Waals surface area contributed by atoms with Crippen LogP contribution in [0.4, 0.5) is 8.78 Å². The van der Waals surface area contributed by atoms with Crippen LogP contribution in [0, 0.1) is 5.41 Å². The summed E-state index contributed by atoms with van der Waals surface area (Å²) in [5.41, 5.74) is 6.51. The number of hydrogen-bond acceptors (Lipinski definition) is 3. The van der Waals surface area contributed by atoms with Crippen LogP contribution >= 0.6 is 12.4 Å². The van der Waals surface area contributed by atoms with Gasteiger partial charge in [0.2, 0.25) is 5.91 Å². The molecule has 1 fully saturated rings. The van der Waals surface area contributed by atoms with Gasteiger partial charge in [-0.15, -0.1) is 12.4 Å². The van der Waals surface area contributed by atoms with Crippen LogP contribution in [0.1, 0.15) is 18.9 Å². The standard InChI is InChI=1S/C15H20F2N2O2.ClH/c1-15(9-18)6-7-19(10-15)13(20)8-11-2-4-12(5-3-11)21-14(16)17;/h2-5,14H,6-10,18H2,1H3;1H. The molecule has 1 heterocycles. The van der Waals surface area contributed by atoms with Crippen molar-refractivity contribution < 1.29 is 18.3 Å². The van der Waals surface area contributed by atoms with Gasteiger partial charge in [0.05, 0.1) is 6.42 Å². The highest BCUT2D eigenvalue weighted by molar-refractivity contribution is 5.85. The molecule has 1 aliphatic heterocycles. The van der Waals surface area contributed by atoms with Gasteiger partial charge >= 0.3 is 6.61 Å². The molecule has 1 amide bonds. The fourth-order valence-corrected chi connectivity index (χ4v) is 2.48. The van der Waals surface area contributed by atoms with Crippen LogP contribution < -0.4 is 10.5 Å². The largest absolute Gasteiger partial charge is 0.435 e. The average molecular weight is 335 g/mol. The number of rotatable bonds is 5. The van der Waals surface area contributed by atoms with E-state index in [0.29, 0.717) is 13.1 Å². The van der Waals surface area contributed by atoms with Crippen LogP contribution in [0.3, 0.4) is 0 Å². The van der Waals surface area contributed by atoms with Crippen LogP contribution in [0.2, 0.25) is 0 Å². The molecular formula is C15H21ClF2N2O2. The molecule has 0 aromatic heterocycles. The molecule has 2 N–H and O–H groups in total. The number of alkyl halides is 2. The van der Waals surface area contributed by atoms with Crippen LogP contribution in [-0.2, 0) is 11.2 Å². The fraction of sp³-hybridized carbons (Fsp3) is 0.533. The van der Waals surface area contributed by atoms with Crippen molar-refractivity contribution in [1.82, 2.24) is 4.90 Å². The lowest BCUT2D eigenvalue weighted by atomic mass is 9.90. The van der Waals surface area contributed by atoms with Gasteiger partial charge in [-0.25, -0.2) is 0 Å². The molecule has 0 saturated carbocycles. The van der Waals surface area contributed by atoms with E-state index in [0.717, 1.165) is 18.5 Å². The van der Waals surface area contributed by atoms with E-state index in [2.05, 4.69) is 11.7 Å². The second kappa shape index (κ2) is 7.74. The number of hydrogen-bond donors (Lipinski definition) is 1. The molecule has 0 aliphatic carbocycles. The highest BCUT2D eigenvalue weighted by Gasteiger charge is 2.34. The van der Waals surface area contributed by atoms with E-state index in [9.17, 15) is 13.6 Å². The zero-order valence-electron chi connectivity index (χ0n) is 12.4. The zero-order valence-corrected chi connectivity index (χ0v) is 13.2. The monoisotopic (exact) mass is 334 g/mol. The highest BCUT2D eigenvalue weighted by atomic mass is 35.5. The van der Waals surface area contributed by atoms with Crippen LogP contribution in [0.15, 0.2) is 24.3 Å². The first-order valence-electron chi connectivity index (χ1n) is 6.93. The first kappa shape index (κ1) is 18.6. The lowest BCUT2D eigenvalue weighted by Crippen LogP contribution is -2.35. The molecule has 0 bridgehead atoms.